The first kappa shape index (κ1) is 19.6. The number of carbonyl (C=O) groups is 1. The highest BCUT2D eigenvalue weighted by Gasteiger charge is 2.16. The van der Waals surface area contributed by atoms with Crippen molar-refractivity contribution in [3.05, 3.63) is 59.4 Å². The Morgan fingerprint density at radius 2 is 2.03 bits per heavy atom. The molecule has 0 saturated carbocycles. The van der Waals surface area contributed by atoms with Gasteiger partial charge in [-0.2, -0.15) is 0 Å². The van der Waals surface area contributed by atoms with Crippen LogP contribution in [0.5, 0.6) is 11.5 Å². The van der Waals surface area contributed by atoms with E-state index in [1.807, 2.05) is 36.4 Å². The minimum Gasteiger partial charge on any atom is -0.454 e. The van der Waals surface area contributed by atoms with Gasteiger partial charge in [0, 0.05) is 37.7 Å². The van der Waals surface area contributed by atoms with Gasteiger partial charge in [0.2, 0.25) is 6.79 Å². The van der Waals surface area contributed by atoms with Crippen LogP contribution in [0.3, 0.4) is 0 Å². The number of benzene rings is 2. The van der Waals surface area contributed by atoms with E-state index in [0.717, 1.165) is 58.7 Å². The first-order chi connectivity index (χ1) is 15.2. The Hall–Kier alpha value is -3.36. The molecule has 1 fully saturated rings. The molecule has 8 heteroatoms. The van der Waals surface area contributed by atoms with E-state index in [1.165, 1.54) is 6.08 Å². The average Bonchev–Trinajstić information content (AvgIpc) is 3.41. The number of rotatable bonds is 6. The lowest BCUT2D eigenvalue weighted by molar-refractivity contribution is -0.198. The number of nitrogens with one attached hydrogen (secondary N) is 2. The number of aromatic nitrogens is 2. The van der Waals surface area contributed by atoms with Crippen LogP contribution in [0, 0.1) is 0 Å². The molecule has 2 aliphatic heterocycles. The molecule has 0 spiro atoms. The van der Waals surface area contributed by atoms with E-state index in [2.05, 4.69) is 15.4 Å². The fraction of sp³-hybridized carbons (Fsp3) is 0.304. The van der Waals surface area contributed by atoms with Crippen LogP contribution >= 0.6 is 0 Å². The number of nitrogens with zero attached hydrogens (tertiary/aromatic N) is 1. The number of imidazole rings is 1. The fourth-order valence-corrected chi connectivity index (χ4v) is 3.61. The Balaban J connectivity index is 1.16. The van der Waals surface area contributed by atoms with Crippen LogP contribution < -0.4 is 15.0 Å². The van der Waals surface area contributed by atoms with Gasteiger partial charge in [0.15, 0.2) is 17.8 Å². The van der Waals surface area contributed by atoms with E-state index in [4.69, 9.17) is 19.0 Å². The number of aromatic amines is 1. The van der Waals surface area contributed by atoms with Crippen molar-refractivity contribution in [3.63, 3.8) is 0 Å². The van der Waals surface area contributed by atoms with Crippen molar-refractivity contribution in [2.45, 2.75) is 32.0 Å². The molecule has 2 aromatic carbocycles. The molecule has 0 radical (unpaired) electrons. The third-order valence-corrected chi connectivity index (χ3v) is 5.23. The van der Waals surface area contributed by atoms with Gasteiger partial charge in [0.25, 0.3) is 5.91 Å². The second-order valence-electron chi connectivity index (χ2n) is 7.54. The lowest BCUT2D eigenvalue weighted by atomic mass is 10.1. The highest BCUT2D eigenvalue weighted by molar-refractivity contribution is 5.90. The van der Waals surface area contributed by atoms with Crippen molar-refractivity contribution < 1.29 is 23.8 Å². The second-order valence-corrected chi connectivity index (χ2v) is 7.54. The van der Waals surface area contributed by atoms with Crippen LogP contribution in [-0.4, -0.2) is 35.6 Å². The zero-order chi connectivity index (χ0) is 21.0. The molecular weight excluding hydrogens is 398 g/mol. The number of hydrogen-bond acceptors (Lipinski definition) is 6. The normalized spacial score (nSPS) is 18.0. The van der Waals surface area contributed by atoms with Crippen LogP contribution in [0.1, 0.15) is 36.2 Å². The summed E-state index contributed by atoms with van der Waals surface area (Å²) >= 11 is 0. The van der Waals surface area contributed by atoms with Crippen LogP contribution in [0.15, 0.2) is 42.5 Å². The SMILES string of the molecule is O=C(/C=C/c1ccc(Cc2nc3cc4c(cc3[nH]2)OCO4)cc1)NOC1CCCCO1. The first-order valence-corrected chi connectivity index (χ1v) is 10.4. The molecule has 2 N–H and O–H groups in total. The van der Waals surface area contributed by atoms with Gasteiger partial charge in [0.1, 0.15) is 5.82 Å². The minimum absolute atomic E-state index is 0.249. The quantitative estimate of drug-likeness (QED) is 0.468. The van der Waals surface area contributed by atoms with E-state index >= 15 is 0 Å². The molecule has 31 heavy (non-hydrogen) atoms. The summed E-state index contributed by atoms with van der Waals surface area (Å²) in [6.45, 7) is 0.918. The molecule has 0 bridgehead atoms. The highest BCUT2D eigenvalue weighted by Crippen LogP contribution is 2.35. The molecule has 3 aromatic rings. The van der Waals surface area contributed by atoms with E-state index in [9.17, 15) is 4.79 Å². The van der Waals surface area contributed by atoms with Crippen LogP contribution in [-0.2, 0) is 20.8 Å². The van der Waals surface area contributed by atoms with Gasteiger partial charge >= 0.3 is 0 Å². The molecule has 2 aliphatic rings. The molecule has 8 nitrogen and oxygen atoms in total. The maximum atomic E-state index is 11.9. The van der Waals surface area contributed by atoms with Crippen molar-refractivity contribution in [2.75, 3.05) is 13.4 Å². The van der Waals surface area contributed by atoms with Gasteiger partial charge in [-0.3, -0.25) is 4.79 Å². The summed E-state index contributed by atoms with van der Waals surface area (Å²) in [5.74, 6) is 2.01. The topological polar surface area (TPSA) is 94.7 Å². The molecule has 3 heterocycles. The Labute approximate surface area is 179 Å². The zero-order valence-electron chi connectivity index (χ0n) is 16.9. The molecular formula is C23H23N3O5. The van der Waals surface area contributed by atoms with E-state index in [-0.39, 0.29) is 19.0 Å². The number of H-pyrrole nitrogens is 1. The van der Waals surface area contributed by atoms with Crippen LogP contribution in [0.25, 0.3) is 17.1 Å². The van der Waals surface area contributed by atoms with E-state index in [1.54, 1.807) is 6.08 Å². The first-order valence-electron chi connectivity index (χ1n) is 10.4. The molecule has 1 aromatic heterocycles. The summed E-state index contributed by atoms with van der Waals surface area (Å²) in [6, 6.07) is 11.8. The number of fused-ring (bicyclic) bond motifs is 2. The van der Waals surface area contributed by atoms with E-state index in [0.29, 0.717) is 13.0 Å². The standard InChI is InChI=1S/C23H23N3O5/c27-22(26-31-23-3-1-2-10-28-23)9-8-15-4-6-16(7-5-15)11-21-24-17-12-19-20(30-14-29-19)13-18(17)25-21/h4-9,12-13,23H,1-3,10-11,14H2,(H,24,25)(H,26,27)/b9-8+. The van der Waals surface area contributed by atoms with Gasteiger partial charge in [0.05, 0.1) is 11.0 Å². The van der Waals surface area contributed by atoms with Gasteiger partial charge in [-0.05, 0) is 30.0 Å². The molecule has 1 saturated heterocycles. The van der Waals surface area contributed by atoms with Crippen molar-refractivity contribution in [2.24, 2.45) is 0 Å². The smallest absolute Gasteiger partial charge is 0.267 e. The lowest BCUT2D eigenvalue weighted by Crippen LogP contribution is -2.32. The molecule has 160 valence electrons. The highest BCUT2D eigenvalue weighted by atomic mass is 16.8. The summed E-state index contributed by atoms with van der Waals surface area (Å²) in [7, 11) is 0. The third-order valence-electron chi connectivity index (χ3n) is 5.23. The molecule has 1 unspecified atom stereocenters. The van der Waals surface area contributed by atoms with Crippen molar-refractivity contribution >= 4 is 23.0 Å². The maximum Gasteiger partial charge on any atom is 0.267 e. The number of hydroxylamine groups is 1. The monoisotopic (exact) mass is 421 g/mol. The van der Waals surface area contributed by atoms with Crippen molar-refractivity contribution in [3.8, 4) is 11.5 Å². The van der Waals surface area contributed by atoms with Crippen LogP contribution in [0.2, 0.25) is 0 Å². The number of ether oxygens (including phenoxy) is 3. The molecule has 0 aliphatic carbocycles. The third kappa shape index (κ3) is 4.70. The summed E-state index contributed by atoms with van der Waals surface area (Å²) in [6.07, 6.45) is 6.37. The average molecular weight is 421 g/mol. The predicted octanol–water partition coefficient (Wildman–Crippen LogP) is 3.47. The van der Waals surface area contributed by atoms with Gasteiger partial charge in [-0.25, -0.2) is 15.3 Å². The molecule has 1 atom stereocenters. The lowest BCUT2D eigenvalue weighted by Gasteiger charge is -2.21. The Morgan fingerprint density at radius 1 is 1.19 bits per heavy atom. The van der Waals surface area contributed by atoms with Gasteiger partial charge in [-0.1, -0.05) is 24.3 Å². The van der Waals surface area contributed by atoms with Crippen LogP contribution in [0.4, 0.5) is 0 Å². The number of carbonyl (C=O) groups excluding carboxylic acids is 1. The Bertz CT molecular complexity index is 1060. The molecule has 5 rings (SSSR count). The van der Waals surface area contributed by atoms with Gasteiger partial charge in [-0.15, -0.1) is 0 Å². The largest absolute Gasteiger partial charge is 0.454 e. The number of amides is 1. The summed E-state index contributed by atoms with van der Waals surface area (Å²) in [4.78, 5) is 25.2. The van der Waals surface area contributed by atoms with Crippen molar-refractivity contribution in [1.29, 1.82) is 0 Å². The predicted molar refractivity (Wildman–Crippen MR) is 113 cm³/mol. The Kier molecular flexibility index (Phi) is 5.56. The Morgan fingerprint density at radius 3 is 2.84 bits per heavy atom. The summed E-state index contributed by atoms with van der Waals surface area (Å²) in [5.41, 5.74) is 6.22. The minimum atomic E-state index is -0.357. The second kappa shape index (κ2) is 8.79. The molecule has 1 amide bonds. The number of hydrogen-bond donors (Lipinski definition) is 2. The summed E-state index contributed by atoms with van der Waals surface area (Å²) < 4.78 is 16.2. The van der Waals surface area contributed by atoms with Crippen molar-refractivity contribution in [1.82, 2.24) is 15.4 Å². The van der Waals surface area contributed by atoms with E-state index < -0.39 is 0 Å². The summed E-state index contributed by atoms with van der Waals surface area (Å²) in [5, 5.41) is 0. The van der Waals surface area contributed by atoms with Gasteiger partial charge < -0.3 is 19.2 Å². The maximum absolute atomic E-state index is 11.9. The fourth-order valence-electron chi connectivity index (χ4n) is 3.61. The zero-order valence-corrected chi connectivity index (χ0v) is 16.9.